The van der Waals surface area contributed by atoms with Crippen LogP contribution in [0.25, 0.3) is 10.9 Å². The van der Waals surface area contributed by atoms with Crippen LogP contribution in [0.5, 0.6) is 0 Å². The average Bonchev–Trinajstić information content (AvgIpc) is 3.68. The van der Waals surface area contributed by atoms with Crippen molar-refractivity contribution in [3.05, 3.63) is 35.0 Å². The van der Waals surface area contributed by atoms with Gasteiger partial charge in [-0.05, 0) is 50.2 Å². The van der Waals surface area contributed by atoms with Gasteiger partial charge in [-0.3, -0.25) is 19.2 Å². The molecule has 2 aliphatic carbocycles. The van der Waals surface area contributed by atoms with Gasteiger partial charge in [0.1, 0.15) is 17.8 Å². The first-order valence-corrected chi connectivity index (χ1v) is 12.1. The minimum absolute atomic E-state index is 0.0988. The van der Waals surface area contributed by atoms with Gasteiger partial charge in [-0.2, -0.15) is 0 Å². The van der Waals surface area contributed by atoms with E-state index in [2.05, 4.69) is 20.9 Å². The molecule has 9 nitrogen and oxygen atoms in total. The van der Waals surface area contributed by atoms with E-state index >= 15 is 0 Å². The van der Waals surface area contributed by atoms with E-state index in [4.69, 9.17) is 17.3 Å². The number of aromatic nitrogens is 1. The van der Waals surface area contributed by atoms with Crippen LogP contribution in [0.15, 0.2) is 24.3 Å². The highest BCUT2D eigenvalue weighted by molar-refractivity contribution is 6.35. The number of nitrogens with two attached hydrogens (primary N) is 1. The average molecular weight is 486 g/mol. The lowest BCUT2D eigenvalue weighted by molar-refractivity contribution is -0.130. The highest BCUT2D eigenvalue weighted by atomic mass is 35.5. The van der Waals surface area contributed by atoms with Gasteiger partial charge in [-0.1, -0.05) is 36.6 Å². The van der Waals surface area contributed by atoms with Crippen LogP contribution in [-0.4, -0.2) is 46.2 Å². The molecule has 2 saturated carbocycles. The third kappa shape index (κ3) is 4.75. The lowest BCUT2D eigenvalue weighted by Crippen LogP contribution is -2.53. The summed E-state index contributed by atoms with van der Waals surface area (Å²) in [5, 5.41) is 9.78. The molecule has 2 aromatic rings. The lowest BCUT2D eigenvalue weighted by atomic mass is 9.95. The molecule has 3 fully saturated rings. The molecule has 4 amide bonds. The second kappa shape index (κ2) is 8.61. The lowest BCUT2D eigenvalue weighted by Gasteiger charge is -2.23. The zero-order valence-electron chi connectivity index (χ0n) is 18.7. The Bertz CT molecular complexity index is 1170. The fourth-order valence-electron chi connectivity index (χ4n) is 4.85. The number of primary amides is 1. The Morgan fingerprint density at radius 2 is 1.91 bits per heavy atom. The standard InChI is InChI=1S/C24H28ClN5O4/c25-15-3-1-2-13-9-18(27-19(13)15)23(34)29-17(8-12-4-5-12)22(33)28-16(20(26)31)10-14-11-24(6-7-24)30-21(14)32/h1-3,9,12,14,16-17,27H,4-8,10-11H2,(H2,26,31)(H,28,33)(H,29,34)(H,30,32)/t14?,16-,17-/m0/s1. The largest absolute Gasteiger partial charge is 0.368 e. The summed E-state index contributed by atoms with van der Waals surface area (Å²) in [5.74, 6) is -1.73. The molecule has 3 atom stereocenters. The monoisotopic (exact) mass is 485 g/mol. The normalized spacial score (nSPS) is 22.3. The number of carbonyl (C=O) groups is 4. The number of carbonyl (C=O) groups excluding carboxylic acids is 4. The maximum absolute atomic E-state index is 13.1. The predicted octanol–water partition coefficient (Wildman–Crippen LogP) is 1.75. The number of aromatic amines is 1. The molecule has 6 N–H and O–H groups in total. The van der Waals surface area contributed by atoms with Gasteiger partial charge >= 0.3 is 0 Å². The van der Waals surface area contributed by atoms with E-state index in [1.165, 1.54) is 0 Å². The molecule has 5 rings (SSSR count). The van der Waals surface area contributed by atoms with E-state index in [1.54, 1.807) is 18.2 Å². The van der Waals surface area contributed by atoms with Crippen molar-refractivity contribution in [2.75, 3.05) is 0 Å². The number of nitrogens with one attached hydrogen (secondary N) is 4. The van der Waals surface area contributed by atoms with Gasteiger partial charge in [0.2, 0.25) is 17.7 Å². The molecule has 0 radical (unpaired) electrons. The molecule has 1 saturated heterocycles. The number of hydrogen-bond donors (Lipinski definition) is 5. The van der Waals surface area contributed by atoms with E-state index in [-0.39, 0.29) is 23.8 Å². The summed E-state index contributed by atoms with van der Waals surface area (Å²) >= 11 is 6.20. The molecule has 1 spiro atoms. The number of hydrogen-bond acceptors (Lipinski definition) is 4. The van der Waals surface area contributed by atoms with E-state index in [9.17, 15) is 19.2 Å². The van der Waals surface area contributed by atoms with Crippen molar-refractivity contribution in [1.29, 1.82) is 0 Å². The fourth-order valence-corrected chi connectivity index (χ4v) is 5.08. The molecule has 34 heavy (non-hydrogen) atoms. The van der Waals surface area contributed by atoms with Crippen LogP contribution in [0.4, 0.5) is 0 Å². The third-order valence-electron chi connectivity index (χ3n) is 7.17. The molecule has 1 aromatic carbocycles. The van der Waals surface area contributed by atoms with Crippen molar-refractivity contribution >= 4 is 46.1 Å². The maximum Gasteiger partial charge on any atom is 0.268 e. The number of H-pyrrole nitrogens is 1. The number of rotatable bonds is 9. The van der Waals surface area contributed by atoms with Crippen LogP contribution in [0.2, 0.25) is 5.02 Å². The molecular weight excluding hydrogens is 458 g/mol. The third-order valence-corrected chi connectivity index (χ3v) is 7.48. The van der Waals surface area contributed by atoms with Crippen molar-refractivity contribution < 1.29 is 19.2 Å². The van der Waals surface area contributed by atoms with Gasteiger partial charge in [0.05, 0.1) is 10.5 Å². The summed E-state index contributed by atoms with van der Waals surface area (Å²) < 4.78 is 0. The molecule has 3 aliphatic rings. The molecule has 1 aliphatic heterocycles. The molecule has 1 aromatic heterocycles. The van der Waals surface area contributed by atoms with Crippen LogP contribution in [0.3, 0.4) is 0 Å². The maximum atomic E-state index is 13.1. The zero-order chi connectivity index (χ0) is 24.0. The Morgan fingerprint density at radius 1 is 1.15 bits per heavy atom. The summed E-state index contributed by atoms with van der Waals surface area (Å²) in [6.45, 7) is 0. The SMILES string of the molecule is NC(=O)[C@H](CC1CC2(CC2)NC1=O)NC(=O)[C@H](CC1CC1)NC(=O)c1cc2cccc(Cl)c2[nH]1. The van der Waals surface area contributed by atoms with Crippen molar-refractivity contribution in [2.24, 2.45) is 17.6 Å². The van der Waals surface area contributed by atoms with Gasteiger partial charge in [-0.15, -0.1) is 0 Å². The van der Waals surface area contributed by atoms with Crippen molar-refractivity contribution in [1.82, 2.24) is 20.9 Å². The number of benzene rings is 1. The first kappa shape index (κ1) is 22.7. The van der Waals surface area contributed by atoms with Crippen LogP contribution in [-0.2, 0) is 14.4 Å². The second-order valence-electron chi connectivity index (χ2n) is 9.96. The van der Waals surface area contributed by atoms with Crippen LogP contribution < -0.4 is 21.7 Å². The summed E-state index contributed by atoms with van der Waals surface area (Å²) in [6, 6.07) is 5.24. The molecular formula is C24H28ClN5O4. The summed E-state index contributed by atoms with van der Waals surface area (Å²) in [5.41, 5.74) is 6.38. The van der Waals surface area contributed by atoms with E-state index in [0.717, 1.165) is 31.1 Å². The van der Waals surface area contributed by atoms with Gasteiger partial charge in [0.15, 0.2) is 0 Å². The number of para-hydroxylation sites is 1. The topological polar surface area (TPSA) is 146 Å². The summed E-state index contributed by atoms with van der Waals surface area (Å²) in [6.07, 6.45) is 5.14. The molecule has 0 bridgehead atoms. The summed E-state index contributed by atoms with van der Waals surface area (Å²) in [4.78, 5) is 53.5. The first-order chi connectivity index (χ1) is 16.2. The van der Waals surface area contributed by atoms with E-state index in [0.29, 0.717) is 35.0 Å². The van der Waals surface area contributed by atoms with Crippen molar-refractivity contribution in [2.45, 2.75) is 62.6 Å². The minimum Gasteiger partial charge on any atom is -0.368 e. The Balaban J connectivity index is 1.27. The van der Waals surface area contributed by atoms with Crippen molar-refractivity contribution in [3.63, 3.8) is 0 Å². The Morgan fingerprint density at radius 3 is 2.53 bits per heavy atom. The van der Waals surface area contributed by atoms with Crippen molar-refractivity contribution in [3.8, 4) is 0 Å². The van der Waals surface area contributed by atoms with Crippen LogP contribution >= 0.6 is 11.6 Å². The van der Waals surface area contributed by atoms with Crippen LogP contribution in [0.1, 0.15) is 55.4 Å². The quantitative estimate of drug-likeness (QED) is 0.368. The Hall–Kier alpha value is -3.07. The number of fused-ring (bicyclic) bond motifs is 1. The second-order valence-corrected chi connectivity index (χ2v) is 10.4. The fraction of sp³-hybridized carbons (Fsp3) is 0.500. The highest BCUT2D eigenvalue weighted by Crippen LogP contribution is 2.46. The Kier molecular flexibility index (Phi) is 5.75. The van der Waals surface area contributed by atoms with Gasteiger partial charge in [0.25, 0.3) is 5.91 Å². The van der Waals surface area contributed by atoms with E-state index in [1.807, 2.05) is 6.07 Å². The molecule has 2 heterocycles. The zero-order valence-corrected chi connectivity index (χ0v) is 19.4. The Labute approximate surface area is 201 Å². The molecule has 180 valence electrons. The van der Waals surface area contributed by atoms with E-state index < -0.39 is 29.8 Å². The smallest absolute Gasteiger partial charge is 0.268 e. The summed E-state index contributed by atoms with van der Waals surface area (Å²) in [7, 11) is 0. The first-order valence-electron chi connectivity index (χ1n) is 11.7. The number of halogens is 1. The molecule has 10 heteroatoms. The van der Waals surface area contributed by atoms with Crippen LogP contribution in [0, 0.1) is 11.8 Å². The predicted molar refractivity (Wildman–Crippen MR) is 126 cm³/mol. The number of amides is 4. The highest BCUT2D eigenvalue weighted by Gasteiger charge is 2.52. The van der Waals surface area contributed by atoms with Gasteiger partial charge in [0, 0.05) is 16.8 Å². The minimum atomic E-state index is -0.984. The van der Waals surface area contributed by atoms with Gasteiger partial charge in [-0.25, -0.2) is 0 Å². The van der Waals surface area contributed by atoms with Gasteiger partial charge < -0.3 is 26.7 Å². The molecule has 1 unspecified atom stereocenters.